The molecule has 1 aromatic carbocycles. The van der Waals surface area contributed by atoms with Crippen LogP contribution in [0.2, 0.25) is 0 Å². The molecule has 0 spiro atoms. The topological polar surface area (TPSA) is 51.7 Å². The molecule has 1 N–H and O–H groups in total. The molecule has 3 aromatic heterocycles. The number of aryl methyl sites for hydroxylation is 1. The van der Waals surface area contributed by atoms with Gasteiger partial charge >= 0.3 is 0 Å². The number of anilines is 2. The van der Waals surface area contributed by atoms with Gasteiger partial charge in [0.15, 0.2) is 5.88 Å². The van der Waals surface area contributed by atoms with Crippen LogP contribution in [0, 0.1) is 6.92 Å². The first-order valence-electron chi connectivity index (χ1n) is 7.68. The molecule has 0 aliphatic heterocycles. The van der Waals surface area contributed by atoms with Crippen molar-refractivity contribution in [2.24, 2.45) is 0 Å². The summed E-state index contributed by atoms with van der Waals surface area (Å²) in [4.78, 5) is 4.59. The van der Waals surface area contributed by atoms with Crippen LogP contribution in [0.3, 0.4) is 0 Å². The number of aromatic nitrogens is 2. The lowest BCUT2D eigenvalue weighted by Crippen LogP contribution is -1.89. The Morgan fingerprint density at radius 3 is 2.75 bits per heavy atom. The lowest BCUT2D eigenvalue weighted by Gasteiger charge is -2.04. The molecule has 0 unspecified atom stereocenters. The van der Waals surface area contributed by atoms with Crippen molar-refractivity contribution in [1.29, 1.82) is 0 Å². The standard InChI is InChI=1S/C19H17N3O2/c1-13-19(22-10-4-3-5-17(22)20-13)14-11-18(24-12-14)21-15-6-8-16(23-2)9-7-15/h3-12,21H,1-2H3. The van der Waals surface area contributed by atoms with Crippen molar-refractivity contribution in [3.8, 4) is 17.0 Å². The van der Waals surface area contributed by atoms with E-state index in [1.54, 1.807) is 13.4 Å². The van der Waals surface area contributed by atoms with E-state index >= 15 is 0 Å². The van der Waals surface area contributed by atoms with E-state index in [2.05, 4.69) is 14.7 Å². The molecule has 4 rings (SSSR count). The molecule has 0 radical (unpaired) electrons. The molecule has 24 heavy (non-hydrogen) atoms. The molecule has 5 heteroatoms. The Balaban J connectivity index is 1.65. The summed E-state index contributed by atoms with van der Waals surface area (Å²) in [6.07, 6.45) is 3.75. The summed E-state index contributed by atoms with van der Waals surface area (Å²) in [5.41, 5.74) is 4.86. The summed E-state index contributed by atoms with van der Waals surface area (Å²) in [6, 6.07) is 15.6. The summed E-state index contributed by atoms with van der Waals surface area (Å²) < 4.78 is 12.9. The highest BCUT2D eigenvalue weighted by Gasteiger charge is 2.13. The fourth-order valence-corrected chi connectivity index (χ4v) is 2.80. The Labute approximate surface area is 139 Å². The van der Waals surface area contributed by atoms with Gasteiger partial charge in [0.05, 0.1) is 18.5 Å². The predicted molar refractivity (Wildman–Crippen MR) is 93.9 cm³/mol. The normalized spacial score (nSPS) is 10.9. The molecule has 120 valence electrons. The molecule has 0 atom stereocenters. The Morgan fingerprint density at radius 1 is 1.12 bits per heavy atom. The van der Waals surface area contributed by atoms with E-state index in [1.807, 2.05) is 61.7 Å². The SMILES string of the molecule is COc1ccc(Nc2cc(-c3c(C)nc4ccccn34)co2)cc1. The number of furan rings is 1. The average molecular weight is 319 g/mol. The molecule has 0 aliphatic carbocycles. The Kier molecular flexibility index (Phi) is 3.46. The monoisotopic (exact) mass is 319 g/mol. The van der Waals surface area contributed by atoms with Gasteiger partial charge in [0.25, 0.3) is 0 Å². The number of fused-ring (bicyclic) bond motifs is 1. The number of hydrogen-bond donors (Lipinski definition) is 1. The zero-order valence-corrected chi connectivity index (χ0v) is 13.5. The third-order valence-corrected chi connectivity index (χ3v) is 3.93. The second kappa shape index (κ2) is 5.77. The van der Waals surface area contributed by atoms with Crippen LogP contribution in [0.25, 0.3) is 16.9 Å². The number of ether oxygens (including phenoxy) is 1. The van der Waals surface area contributed by atoms with Crippen molar-refractivity contribution in [2.75, 3.05) is 12.4 Å². The molecule has 0 bridgehead atoms. The number of benzene rings is 1. The Bertz CT molecular complexity index is 983. The molecular formula is C19H17N3O2. The number of methoxy groups -OCH3 is 1. The summed E-state index contributed by atoms with van der Waals surface area (Å²) in [5.74, 6) is 1.50. The summed E-state index contributed by atoms with van der Waals surface area (Å²) in [5, 5.41) is 3.25. The minimum absolute atomic E-state index is 0.681. The first-order chi connectivity index (χ1) is 11.7. The van der Waals surface area contributed by atoms with Gasteiger partial charge < -0.3 is 14.5 Å². The van der Waals surface area contributed by atoms with Gasteiger partial charge in [-0.2, -0.15) is 0 Å². The zero-order valence-electron chi connectivity index (χ0n) is 13.5. The van der Waals surface area contributed by atoms with Crippen LogP contribution in [0.5, 0.6) is 5.75 Å². The van der Waals surface area contributed by atoms with Gasteiger partial charge in [-0.25, -0.2) is 4.98 Å². The largest absolute Gasteiger partial charge is 0.497 e. The summed E-state index contributed by atoms with van der Waals surface area (Å²) in [6.45, 7) is 2.01. The average Bonchev–Trinajstić information content (AvgIpc) is 3.18. The number of imidazole rings is 1. The molecule has 0 amide bonds. The van der Waals surface area contributed by atoms with Crippen LogP contribution in [-0.4, -0.2) is 16.5 Å². The van der Waals surface area contributed by atoms with Crippen LogP contribution in [0.1, 0.15) is 5.69 Å². The lowest BCUT2D eigenvalue weighted by molar-refractivity contribution is 0.415. The molecule has 0 saturated heterocycles. The number of hydrogen-bond acceptors (Lipinski definition) is 4. The Hall–Kier alpha value is -3.21. The van der Waals surface area contributed by atoms with Crippen molar-refractivity contribution < 1.29 is 9.15 Å². The van der Waals surface area contributed by atoms with E-state index in [1.165, 1.54) is 0 Å². The first-order valence-corrected chi connectivity index (χ1v) is 7.68. The van der Waals surface area contributed by atoms with E-state index < -0.39 is 0 Å². The number of pyridine rings is 1. The highest BCUT2D eigenvalue weighted by atomic mass is 16.5. The van der Waals surface area contributed by atoms with Crippen LogP contribution >= 0.6 is 0 Å². The third kappa shape index (κ3) is 2.50. The smallest absolute Gasteiger partial charge is 0.197 e. The van der Waals surface area contributed by atoms with Crippen molar-refractivity contribution in [1.82, 2.24) is 9.38 Å². The van der Waals surface area contributed by atoms with E-state index in [-0.39, 0.29) is 0 Å². The fraction of sp³-hybridized carbons (Fsp3) is 0.105. The molecule has 5 nitrogen and oxygen atoms in total. The number of nitrogens with one attached hydrogen (secondary N) is 1. The van der Waals surface area contributed by atoms with E-state index in [0.717, 1.165) is 34.0 Å². The van der Waals surface area contributed by atoms with Crippen molar-refractivity contribution in [3.63, 3.8) is 0 Å². The van der Waals surface area contributed by atoms with Crippen LogP contribution < -0.4 is 10.1 Å². The van der Waals surface area contributed by atoms with Crippen molar-refractivity contribution in [2.45, 2.75) is 6.92 Å². The molecule has 0 aliphatic rings. The maximum atomic E-state index is 5.67. The quantitative estimate of drug-likeness (QED) is 0.594. The van der Waals surface area contributed by atoms with Gasteiger partial charge in [0, 0.05) is 23.5 Å². The number of rotatable bonds is 4. The van der Waals surface area contributed by atoms with Gasteiger partial charge in [-0.1, -0.05) is 6.07 Å². The van der Waals surface area contributed by atoms with Gasteiger partial charge in [0.2, 0.25) is 0 Å². The molecule has 0 saturated carbocycles. The molecule has 0 fully saturated rings. The summed E-state index contributed by atoms with van der Waals surface area (Å²) in [7, 11) is 1.65. The fourth-order valence-electron chi connectivity index (χ4n) is 2.80. The second-order valence-corrected chi connectivity index (χ2v) is 5.53. The second-order valence-electron chi connectivity index (χ2n) is 5.53. The van der Waals surface area contributed by atoms with E-state index in [4.69, 9.17) is 9.15 Å². The van der Waals surface area contributed by atoms with Crippen LogP contribution in [0.4, 0.5) is 11.6 Å². The maximum absolute atomic E-state index is 5.67. The minimum atomic E-state index is 0.681. The van der Waals surface area contributed by atoms with E-state index in [0.29, 0.717) is 5.88 Å². The van der Waals surface area contributed by atoms with Crippen LogP contribution in [-0.2, 0) is 0 Å². The van der Waals surface area contributed by atoms with Gasteiger partial charge in [-0.15, -0.1) is 0 Å². The minimum Gasteiger partial charge on any atom is -0.497 e. The summed E-state index contributed by atoms with van der Waals surface area (Å²) >= 11 is 0. The predicted octanol–water partition coefficient (Wildman–Crippen LogP) is 4.65. The molecular weight excluding hydrogens is 302 g/mol. The Morgan fingerprint density at radius 2 is 1.96 bits per heavy atom. The van der Waals surface area contributed by atoms with Crippen molar-refractivity contribution >= 4 is 17.2 Å². The van der Waals surface area contributed by atoms with Crippen molar-refractivity contribution in [3.05, 3.63) is 66.7 Å². The number of nitrogens with zero attached hydrogens (tertiary/aromatic N) is 2. The van der Waals surface area contributed by atoms with Gasteiger partial charge in [0.1, 0.15) is 17.7 Å². The maximum Gasteiger partial charge on any atom is 0.197 e. The molecule has 4 aromatic rings. The lowest BCUT2D eigenvalue weighted by atomic mass is 10.2. The van der Waals surface area contributed by atoms with E-state index in [9.17, 15) is 0 Å². The van der Waals surface area contributed by atoms with Gasteiger partial charge in [-0.05, 0) is 43.3 Å². The van der Waals surface area contributed by atoms with Crippen LogP contribution in [0.15, 0.2) is 65.4 Å². The zero-order chi connectivity index (χ0) is 16.5. The molecule has 3 heterocycles. The third-order valence-electron chi connectivity index (χ3n) is 3.93. The van der Waals surface area contributed by atoms with Gasteiger partial charge in [-0.3, -0.25) is 4.40 Å². The highest BCUT2D eigenvalue weighted by Crippen LogP contribution is 2.30. The highest BCUT2D eigenvalue weighted by molar-refractivity contribution is 5.70. The first kappa shape index (κ1) is 14.4.